The smallest absolute Gasteiger partial charge is 0.133 e. The van der Waals surface area contributed by atoms with E-state index in [1.54, 1.807) is 0 Å². The van der Waals surface area contributed by atoms with Crippen LogP contribution in [0.5, 0.6) is 0 Å². The van der Waals surface area contributed by atoms with Crippen LogP contribution in [0.3, 0.4) is 0 Å². The van der Waals surface area contributed by atoms with E-state index in [0.717, 1.165) is 40.4 Å². The molecule has 1 unspecified atom stereocenters. The Balaban J connectivity index is 1.81. The molecule has 0 saturated heterocycles. The average Bonchev–Trinajstić information content (AvgIpc) is 3.00. The highest BCUT2D eigenvalue weighted by Crippen LogP contribution is 2.20. The van der Waals surface area contributed by atoms with Crippen LogP contribution < -0.4 is 5.32 Å². The van der Waals surface area contributed by atoms with Crippen LogP contribution in [-0.4, -0.2) is 18.7 Å². The number of hydrogen-bond donors (Lipinski definition) is 1. The quantitative estimate of drug-likeness (QED) is 0.773. The predicted octanol–water partition coefficient (Wildman–Crippen LogP) is 3.92. The highest BCUT2D eigenvalue weighted by atomic mass is 32.1. The molecular weight excluding hydrogens is 294 g/mol. The van der Waals surface area contributed by atoms with E-state index in [2.05, 4.69) is 43.9 Å². The van der Waals surface area contributed by atoms with Crippen molar-refractivity contribution in [2.75, 3.05) is 5.32 Å². The van der Waals surface area contributed by atoms with E-state index >= 15 is 0 Å². The summed E-state index contributed by atoms with van der Waals surface area (Å²) in [6, 6.07) is 8.04. The van der Waals surface area contributed by atoms with Crippen molar-refractivity contribution in [1.29, 1.82) is 0 Å². The number of nitrogens with one attached hydrogen (secondary N) is 1. The van der Waals surface area contributed by atoms with Gasteiger partial charge < -0.3 is 5.32 Å². The molecule has 0 aliphatic rings. The van der Waals surface area contributed by atoms with Crippen LogP contribution in [0, 0.1) is 6.92 Å². The maximum atomic E-state index is 4.63. The van der Waals surface area contributed by atoms with Crippen LogP contribution in [-0.2, 0) is 6.54 Å². The number of anilines is 1. The molecule has 22 heavy (non-hydrogen) atoms. The van der Waals surface area contributed by atoms with E-state index < -0.39 is 0 Å². The second-order valence-corrected chi connectivity index (χ2v) is 5.99. The van der Waals surface area contributed by atoms with Gasteiger partial charge in [0.15, 0.2) is 0 Å². The molecular formula is C16H19N5S. The van der Waals surface area contributed by atoms with E-state index in [-0.39, 0.29) is 0 Å². The van der Waals surface area contributed by atoms with Crippen LogP contribution in [0.2, 0.25) is 0 Å². The zero-order valence-corrected chi connectivity index (χ0v) is 13.8. The Morgan fingerprint density at radius 2 is 2.09 bits per heavy atom. The summed E-state index contributed by atoms with van der Waals surface area (Å²) >= 11 is 1.25. The third kappa shape index (κ3) is 3.06. The van der Waals surface area contributed by atoms with Crippen molar-refractivity contribution in [2.24, 2.45) is 0 Å². The summed E-state index contributed by atoms with van der Waals surface area (Å²) < 4.78 is 8.64. The zero-order valence-electron chi connectivity index (χ0n) is 13.0. The molecule has 1 atom stereocenters. The van der Waals surface area contributed by atoms with Crippen LogP contribution >= 0.6 is 11.7 Å². The first kappa shape index (κ1) is 14.8. The predicted molar refractivity (Wildman–Crippen MR) is 90.2 cm³/mol. The standard InChI is InChI=1S/C16H19N5S/c1-4-10(2)16-18-11(3)8-14(19-16)17-9-12-6-5-7-13-15(12)21-22-20-13/h5-8,10H,4,9H2,1-3H3,(H,17,18,19). The maximum Gasteiger partial charge on any atom is 0.133 e. The van der Waals surface area contributed by atoms with Gasteiger partial charge in [-0.05, 0) is 19.4 Å². The van der Waals surface area contributed by atoms with Crippen molar-refractivity contribution in [2.45, 2.75) is 39.7 Å². The number of aromatic nitrogens is 4. The lowest BCUT2D eigenvalue weighted by Gasteiger charge is -2.12. The summed E-state index contributed by atoms with van der Waals surface area (Å²) in [6.07, 6.45) is 1.03. The molecule has 2 aromatic heterocycles. The van der Waals surface area contributed by atoms with Crippen LogP contribution in [0.15, 0.2) is 24.3 Å². The third-order valence-corrected chi connectivity index (χ3v) is 4.30. The third-order valence-electron chi connectivity index (χ3n) is 3.75. The molecule has 114 valence electrons. The minimum Gasteiger partial charge on any atom is -0.366 e. The fourth-order valence-corrected chi connectivity index (χ4v) is 2.84. The Morgan fingerprint density at radius 3 is 2.91 bits per heavy atom. The summed E-state index contributed by atoms with van der Waals surface area (Å²) in [5.74, 6) is 2.13. The lowest BCUT2D eigenvalue weighted by atomic mass is 10.1. The molecule has 5 nitrogen and oxygen atoms in total. The van der Waals surface area contributed by atoms with E-state index in [1.165, 1.54) is 11.7 Å². The summed E-state index contributed by atoms with van der Waals surface area (Å²) in [4.78, 5) is 9.16. The Hall–Kier alpha value is -2.08. The van der Waals surface area contributed by atoms with Gasteiger partial charge in [-0.2, -0.15) is 8.75 Å². The van der Waals surface area contributed by atoms with Gasteiger partial charge in [-0.3, -0.25) is 0 Å². The maximum absolute atomic E-state index is 4.63. The molecule has 3 rings (SSSR count). The molecule has 1 aromatic carbocycles. The molecule has 0 spiro atoms. The minimum absolute atomic E-state index is 0.367. The lowest BCUT2D eigenvalue weighted by molar-refractivity contribution is 0.675. The summed E-state index contributed by atoms with van der Waals surface area (Å²) in [5, 5.41) is 3.39. The molecule has 3 aromatic rings. The van der Waals surface area contributed by atoms with Gasteiger partial charge in [0.2, 0.25) is 0 Å². The van der Waals surface area contributed by atoms with Crippen molar-refractivity contribution in [3.63, 3.8) is 0 Å². The van der Waals surface area contributed by atoms with Crippen LogP contribution in [0.1, 0.15) is 43.3 Å². The average molecular weight is 313 g/mol. The molecule has 0 saturated carbocycles. The molecule has 0 amide bonds. The first-order valence-corrected chi connectivity index (χ1v) is 8.20. The molecule has 0 fully saturated rings. The Bertz CT molecular complexity index is 783. The number of nitrogens with zero attached hydrogens (tertiary/aromatic N) is 4. The number of rotatable bonds is 5. The van der Waals surface area contributed by atoms with Crippen molar-refractivity contribution >= 4 is 28.6 Å². The monoisotopic (exact) mass is 313 g/mol. The van der Waals surface area contributed by atoms with E-state index in [0.29, 0.717) is 12.5 Å². The summed E-state index contributed by atoms with van der Waals surface area (Å²) in [7, 11) is 0. The first-order valence-electron chi connectivity index (χ1n) is 7.47. The fraction of sp³-hybridized carbons (Fsp3) is 0.375. The molecule has 6 heteroatoms. The van der Waals surface area contributed by atoms with E-state index in [9.17, 15) is 0 Å². The van der Waals surface area contributed by atoms with Gasteiger partial charge in [0, 0.05) is 29.8 Å². The van der Waals surface area contributed by atoms with Crippen LogP contribution in [0.25, 0.3) is 11.0 Å². The van der Waals surface area contributed by atoms with E-state index in [4.69, 9.17) is 0 Å². The van der Waals surface area contributed by atoms with Gasteiger partial charge >= 0.3 is 0 Å². The Morgan fingerprint density at radius 1 is 1.23 bits per heavy atom. The molecule has 0 aliphatic heterocycles. The number of fused-ring (bicyclic) bond motifs is 1. The van der Waals surface area contributed by atoms with Gasteiger partial charge in [-0.25, -0.2) is 9.97 Å². The second-order valence-electron chi connectivity index (χ2n) is 5.46. The lowest BCUT2D eigenvalue weighted by Crippen LogP contribution is -2.07. The normalized spacial score (nSPS) is 12.5. The molecule has 0 bridgehead atoms. The summed E-state index contributed by atoms with van der Waals surface area (Å²) in [6.45, 7) is 6.99. The number of aryl methyl sites for hydroxylation is 1. The number of benzene rings is 1. The van der Waals surface area contributed by atoms with Gasteiger partial charge in [0.05, 0.1) is 11.7 Å². The molecule has 0 aliphatic carbocycles. The molecule has 0 radical (unpaired) electrons. The zero-order chi connectivity index (χ0) is 15.5. The van der Waals surface area contributed by atoms with Gasteiger partial charge in [0.25, 0.3) is 0 Å². The first-order chi connectivity index (χ1) is 10.7. The minimum atomic E-state index is 0.367. The SMILES string of the molecule is CCC(C)c1nc(C)cc(NCc2cccc3nsnc23)n1. The highest BCUT2D eigenvalue weighted by molar-refractivity contribution is 7.00. The van der Waals surface area contributed by atoms with Gasteiger partial charge in [0.1, 0.15) is 22.7 Å². The van der Waals surface area contributed by atoms with Crippen molar-refractivity contribution in [1.82, 2.24) is 18.7 Å². The number of hydrogen-bond acceptors (Lipinski definition) is 6. The topological polar surface area (TPSA) is 63.6 Å². The van der Waals surface area contributed by atoms with E-state index in [1.807, 2.05) is 25.1 Å². The Labute approximate surface area is 134 Å². The Kier molecular flexibility index (Phi) is 4.29. The summed E-state index contributed by atoms with van der Waals surface area (Å²) in [5.41, 5.74) is 4.03. The van der Waals surface area contributed by atoms with Gasteiger partial charge in [-0.15, -0.1) is 0 Å². The largest absolute Gasteiger partial charge is 0.366 e. The molecule has 2 heterocycles. The van der Waals surface area contributed by atoms with Crippen molar-refractivity contribution < 1.29 is 0 Å². The molecule has 1 N–H and O–H groups in total. The van der Waals surface area contributed by atoms with Crippen molar-refractivity contribution in [3.8, 4) is 0 Å². The highest BCUT2D eigenvalue weighted by Gasteiger charge is 2.10. The van der Waals surface area contributed by atoms with Crippen molar-refractivity contribution in [3.05, 3.63) is 41.3 Å². The van der Waals surface area contributed by atoms with Gasteiger partial charge in [-0.1, -0.05) is 26.0 Å². The second kappa shape index (κ2) is 6.36. The fourth-order valence-electron chi connectivity index (χ4n) is 2.28. The van der Waals surface area contributed by atoms with Crippen LogP contribution in [0.4, 0.5) is 5.82 Å².